The lowest BCUT2D eigenvalue weighted by atomic mass is 9.94. The first-order valence-electron chi connectivity index (χ1n) is 6.77. The first kappa shape index (κ1) is 16.6. The van der Waals surface area contributed by atoms with E-state index in [1.807, 2.05) is 13.8 Å². The highest BCUT2D eigenvalue weighted by Crippen LogP contribution is 2.15. The summed E-state index contributed by atoms with van der Waals surface area (Å²) in [4.78, 5) is 11.7. The van der Waals surface area contributed by atoms with Crippen LogP contribution in [0.4, 0.5) is 10.1 Å². The Kier molecular flexibility index (Phi) is 6.10. The maximum atomic E-state index is 13.3. The van der Waals surface area contributed by atoms with E-state index in [0.29, 0.717) is 18.9 Å². The molecular weight excluding hydrogens is 259 g/mol. The SMILES string of the molecule is CC(C)CC(C)(O)CNCC(=O)Nc1ccccc1F. The van der Waals surface area contributed by atoms with Crippen LogP contribution in [0.25, 0.3) is 0 Å². The molecule has 0 fully saturated rings. The summed E-state index contributed by atoms with van der Waals surface area (Å²) in [5.74, 6) is -0.429. The average Bonchev–Trinajstić information content (AvgIpc) is 2.30. The van der Waals surface area contributed by atoms with Crippen molar-refractivity contribution in [3.63, 3.8) is 0 Å². The summed E-state index contributed by atoms with van der Waals surface area (Å²) in [6.45, 7) is 6.13. The Morgan fingerprint density at radius 2 is 2.05 bits per heavy atom. The number of halogens is 1. The minimum atomic E-state index is -0.855. The zero-order valence-corrected chi connectivity index (χ0v) is 12.2. The van der Waals surface area contributed by atoms with Crippen LogP contribution in [0, 0.1) is 11.7 Å². The van der Waals surface area contributed by atoms with Crippen LogP contribution in [0.15, 0.2) is 24.3 Å². The van der Waals surface area contributed by atoms with E-state index in [-0.39, 0.29) is 18.1 Å². The number of rotatable bonds is 7. The third kappa shape index (κ3) is 6.12. The quantitative estimate of drug-likeness (QED) is 0.718. The molecule has 1 amide bonds. The van der Waals surface area contributed by atoms with Gasteiger partial charge in [0.25, 0.3) is 0 Å². The standard InChI is InChI=1S/C15H23FN2O2/c1-11(2)8-15(3,20)10-17-9-14(19)18-13-7-5-4-6-12(13)16/h4-7,11,17,20H,8-10H2,1-3H3,(H,18,19). The van der Waals surface area contributed by atoms with Gasteiger partial charge in [-0.2, -0.15) is 0 Å². The zero-order valence-electron chi connectivity index (χ0n) is 12.2. The molecule has 0 aliphatic carbocycles. The summed E-state index contributed by atoms with van der Waals surface area (Å²) in [7, 11) is 0. The van der Waals surface area contributed by atoms with Crippen LogP contribution in [0.5, 0.6) is 0 Å². The van der Waals surface area contributed by atoms with E-state index in [1.54, 1.807) is 19.1 Å². The van der Waals surface area contributed by atoms with E-state index in [9.17, 15) is 14.3 Å². The normalized spacial score (nSPS) is 14.1. The maximum Gasteiger partial charge on any atom is 0.238 e. The number of para-hydroxylation sites is 1. The molecule has 0 spiro atoms. The first-order chi connectivity index (χ1) is 9.30. The van der Waals surface area contributed by atoms with Gasteiger partial charge in [-0.1, -0.05) is 26.0 Å². The number of hydrogen-bond acceptors (Lipinski definition) is 3. The number of amides is 1. The second-order valence-electron chi connectivity index (χ2n) is 5.73. The monoisotopic (exact) mass is 282 g/mol. The Balaban J connectivity index is 2.36. The number of aliphatic hydroxyl groups is 1. The van der Waals surface area contributed by atoms with Crippen molar-refractivity contribution in [2.45, 2.75) is 32.8 Å². The molecule has 1 aromatic carbocycles. The van der Waals surface area contributed by atoms with Crippen molar-refractivity contribution in [1.29, 1.82) is 0 Å². The molecule has 0 saturated carbocycles. The van der Waals surface area contributed by atoms with Crippen LogP contribution in [0.2, 0.25) is 0 Å². The van der Waals surface area contributed by atoms with Gasteiger partial charge in [0.15, 0.2) is 0 Å². The Bertz CT molecular complexity index is 447. The van der Waals surface area contributed by atoms with E-state index < -0.39 is 11.4 Å². The van der Waals surface area contributed by atoms with Gasteiger partial charge in [-0.05, 0) is 31.4 Å². The molecule has 1 aromatic rings. The fraction of sp³-hybridized carbons (Fsp3) is 0.533. The van der Waals surface area contributed by atoms with Gasteiger partial charge in [0.1, 0.15) is 5.82 Å². The highest BCUT2D eigenvalue weighted by Gasteiger charge is 2.21. The lowest BCUT2D eigenvalue weighted by Crippen LogP contribution is -2.41. The molecule has 0 aromatic heterocycles. The molecule has 0 aliphatic rings. The Labute approximate surface area is 119 Å². The first-order valence-corrected chi connectivity index (χ1v) is 6.77. The van der Waals surface area contributed by atoms with Gasteiger partial charge in [0.05, 0.1) is 17.8 Å². The molecule has 112 valence electrons. The van der Waals surface area contributed by atoms with E-state index >= 15 is 0 Å². The van der Waals surface area contributed by atoms with Crippen LogP contribution >= 0.6 is 0 Å². The van der Waals surface area contributed by atoms with Crippen molar-refractivity contribution < 1.29 is 14.3 Å². The van der Waals surface area contributed by atoms with Crippen molar-refractivity contribution in [3.05, 3.63) is 30.1 Å². The van der Waals surface area contributed by atoms with E-state index in [0.717, 1.165) is 0 Å². The van der Waals surface area contributed by atoms with E-state index in [1.165, 1.54) is 12.1 Å². The predicted molar refractivity (Wildman–Crippen MR) is 78.0 cm³/mol. The summed E-state index contributed by atoms with van der Waals surface area (Å²) in [5.41, 5.74) is -0.694. The van der Waals surface area contributed by atoms with Gasteiger partial charge < -0.3 is 15.7 Å². The lowest BCUT2D eigenvalue weighted by molar-refractivity contribution is -0.115. The van der Waals surface area contributed by atoms with Crippen molar-refractivity contribution in [2.75, 3.05) is 18.4 Å². The number of anilines is 1. The van der Waals surface area contributed by atoms with Crippen molar-refractivity contribution in [3.8, 4) is 0 Å². The van der Waals surface area contributed by atoms with Crippen molar-refractivity contribution >= 4 is 11.6 Å². The largest absolute Gasteiger partial charge is 0.389 e. The summed E-state index contributed by atoms with van der Waals surface area (Å²) in [6, 6.07) is 6.00. The highest BCUT2D eigenvalue weighted by molar-refractivity contribution is 5.92. The molecule has 1 atom stereocenters. The number of carbonyl (C=O) groups is 1. The van der Waals surface area contributed by atoms with Crippen LogP contribution in [-0.4, -0.2) is 29.7 Å². The minimum Gasteiger partial charge on any atom is -0.389 e. The van der Waals surface area contributed by atoms with Gasteiger partial charge in [0.2, 0.25) is 5.91 Å². The van der Waals surface area contributed by atoms with Gasteiger partial charge in [-0.3, -0.25) is 4.79 Å². The summed E-state index contributed by atoms with van der Waals surface area (Å²) >= 11 is 0. The van der Waals surface area contributed by atoms with Gasteiger partial charge in [0, 0.05) is 6.54 Å². The fourth-order valence-electron chi connectivity index (χ4n) is 2.15. The lowest BCUT2D eigenvalue weighted by Gasteiger charge is -2.25. The Morgan fingerprint density at radius 3 is 2.65 bits per heavy atom. The summed E-state index contributed by atoms with van der Waals surface area (Å²) in [5, 5.41) is 15.4. The smallest absolute Gasteiger partial charge is 0.238 e. The zero-order chi connectivity index (χ0) is 15.2. The van der Waals surface area contributed by atoms with Crippen molar-refractivity contribution in [2.24, 2.45) is 5.92 Å². The summed E-state index contributed by atoms with van der Waals surface area (Å²) < 4.78 is 13.3. The van der Waals surface area contributed by atoms with Crippen LogP contribution in [0.1, 0.15) is 27.2 Å². The van der Waals surface area contributed by atoms with E-state index in [4.69, 9.17) is 0 Å². The molecule has 5 heteroatoms. The topological polar surface area (TPSA) is 61.4 Å². The number of hydrogen-bond donors (Lipinski definition) is 3. The molecule has 20 heavy (non-hydrogen) atoms. The minimum absolute atomic E-state index is 0.0303. The van der Waals surface area contributed by atoms with Crippen LogP contribution < -0.4 is 10.6 Å². The van der Waals surface area contributed by atoms with Gasteiger partial charge >= 0.3 is 0 Å². The molecule has 3 N–H and O–H groups in total. The Morgan fingerprint density at radius 1 is 1.40 bits per heavy atom. The van der Waals surface area contributed by atoms with Crippen LogP contribution in [-0.2, 0) is 4.79 Å². The highest BCUT2D eigenvalue weighted by atomic mass is 19.1. The molecule has 4 nitrogen and oxygen atoms in total. The molecule has 1 unspecified atom stereocenters. The molecule has 0 heterocycles. The third-order valence-electron chi connectivity index (χ3n) is 2.79. The number of nitrogens with one attached hydrogen (secondary N) is 2. The number of carbonyl (C=O) groups excluding carboxylic acids is 1. The Hall–Kier alpha value is -1.46. The second kappa shape index (κ2) is 7.36. The third-order valence-corrected chi connectivity index (χ3v) is 2.79. The average molecular weight is 282 g/mol. The van der Waals surface area contributed by atoms with Crippen molar-refractivity contribution in [1.82, 2.24) is 5.32 Å². The fourth-order valence-corrected chi connectivity index (χ4v) is 2.15. The molecule has 0 radical (unpaired) electrons. The molecular formula is C15H23FN2O2. The molecule has 0 aliphatic heterocycles. The van der Waals surface area contributed by atoms with Crippen LogP contribution in [0.3, 0.4) is 0 Å². The number of benzene rings is 1. The van der Waals surface area contributed by atoms with Gasteiger partial charge in [-0.25, -0.2) is 4.39 Å². The molecule has 0 bridgehead atoms. The molecule has 1 rings (SSSR count). The predicted octanol–water partition coefficient (Wildman–Crippen LogP) is 2.15. The molecule has 0 saturated heterocycles. The maximum absolute atomic E-state index is 13.3. The summed E-state index contributed by atoms with van der Waals surface area (Å²) in [6.07, 6.45) is 0.648. The second-order valence-corrected chi connectivity index (χ2v) is 5.73. The van der Waals surface area contributed by atoms with E-state index in [2.05, 4.69) is 10.6 Å². The van der Waals surface area contributed by atoms with Gasteiger partial charge in [-0.15, -0.1) is 0 Å².